The van der Waals surface area contributed by atoms with E-state index in [2.05, 4.69) is 5.10 Å². The quantitative estimate of drug-likeness (QED) is 0.587. The van der Waals surface area contributed by atoms with Crippen LogP contribution in [0.3, 0.4) is 0 Å². The van der Waals surface area contributed by atoms with Crippen molar-refractivity contribution in [3.8, 4) is 17.2 Å². The minimum Gasteiger partial charge on any atom is -0.491 e. The Hall–Kier alpha value is -3.10. The molecule has 0 radical (unpaired) electrons. The molecule has 0 unspecified atom stereocenters. The summed E-state index contributed by atoms with van der Waals surface area (Å²) in [7, 11) is 1.83. The second-order valence-electron chi connectivity index (χ2n) is 6.82. The van der Waals surface area contributed by atoms with Gasteiger partial charge < -0.3 is 24.7 Å². The van der Waals surface area contributed by atoms with E-state index in [4.69, 9.17) is 24.7 Å². The molecule has 0 saturated carbocycles. The number of amides is 1. The zero-order chi connectivity index (χ0) is 20.2. The number of benzene rings is 2. The maximum absolute atomic E-state index is 11.8. The standard InChI is InChI=1S/C21H23N3O5/c1-24-19-11-20(18(21(22)25)10-14(19)12-23-24)29-16-4-2-15(3-5-16)27-8-9-28-17-6-7-26-13-17/h2-5,10-12,17H,6-9,13H2,1H3,(H2,22,25)/t17-/m1/s1. The number of primary amides is 1. The number of aromatic nitrogens is 2. The first-order chi connectivity index (χ1) is 14.1. The van der Waals surface area contributed by atoms with E-state index in [0.717, 1.165) is 23.9 Å². The summed E-state index contributed by atoms with van der Waals surface area (Å²) in [6, 6.07) is 10.6. The lowest BCUT2D eigenvalue weighted by Gasteiger charge is -2.12. The molecule has 1 fully saturated rings. The van der Waals surface area contributed by atoms with Gasteiger partial charge in [-0.1, -0.05) is 0 Å². The van der Waals surface area contributed by atoms with Crippen LogP contribution in [0.2, 0.25) is 0 Å². The predicted octanol–water partition coefficient (Wildman–Crippen LogP) is 2.65. The summed E-state index contributed by atoms with van der Waals surface area (Å²) in [6.45, 7) is 2.39. The van der Waals surface area contributed by atoms with Gasteiger partial charge >= 0.3 is 0 Å². The van der Waals surface area contributed by atoms with Crippen molar-refractivity contribution in [2.75, 3.05) is 26.4 Å². The molecule has 2 N–H and O–H groups in total. The maximum Gasteiger partial charge on any atom is 0.252 e. The molecule has 1 aliphatic heterocycles. The number of ether oxygens (including phenoxy) is 4. The summed E-state index contributed by atoms with van der Waals surface area (Å²) in [4.78, 5) is 11.8. The Bertz CT molecular complexity index is 993. The molecule has 1 saturated heterocycles. The molecular formula is C21H23N3O5. The van der Waals surface area contributed by atoms with Crippen LogP contribution in [-0.2, 0) is 16.5 Å². The number of nitrogens with two attached hydrogens (primary N) is 1. The van der Waals surface area contributed by atoms with E-state index in [9.17, 15) is 4.79 Å². The molecule has 4 rings (SSSR count). The number of aryl methyl sites for hydroxylation is 1. The lowest BCUT2D eigenvalue weighted by Crippen LogP contribution is -2.16. The van der Waals surface area contributed by atoms with Crippen LogP contribution in [0.4, 0.5) is 0 Å². The van der Waals surface area contributed by atoms with Gasteiger partial charge in [-0.2, -0.15) is 5.10 Å². The summed E-state index contributed by atoms with van der Waals surface area (Å²) in [5.41, 5.74) is 6.67. The number of hydrogen-bond acceptors (Lipinski definition) is 6. The molecule has 0 spiro atoms. The van der Waals surface area contributed by atoms with Gasteiger partial charge in [0.25, 0.3) is 5.91 Å². The second-order valence-corrected chi connectivity index (χ2v) is 6.82. The van der Waals surface area contributed by atoms with Gasteiger partial charge in [0.15, 0.2) is 0 Å². The third-order valence-electron chi connectivity index (χ3n) is 4.76. The maximum atomic E-state index is 11.8. The van der Waals surface area contributed by atoms with Crippen LogP contribution in [-0.4, -0.2) is 48.2 Å². The number of carbonyl (C=O) groups excluding carboxylic acids is 1. The molecule has 152 valence electrons. The zero-order valence-electron chi connectivity index (χ0n) is 16.2. The highest BCUT2D eigenvalue weighted by molar-refractivity contribution is 6.00. The molecule has 0 aliphatic carbocycles. The molecule has 2 heterocycles. The lowest BCUT2D eigenvalue weighted by molar-refractivity contribution is 0.0265. The number of nitrogens with zero attached hydrogens (tertiary/aromatic N) is 2. The van der Waals surface area contributed by atoms with Gasteiger partial charge in [0, 0.05) is 25.1 Å². The molecule has 8 nitrogen and oxygen atoms in total. The fourth-order valence-electron chi connectivity index (χ4n) is 3.21. The van der Waals surface area contributed by atoms with Crippen molar-refractivity contribution in [1.82, 2.24) is 9.78 Å². The van der Waals surface area contributed by atoms with E-state index in [-0.39, 0.29) is 6.10 Å². The Morgan fingerprint density at radius 1 is 1.24 bits per heavy atom. The monoisotopic (exact) mass is 397 g/mol. The van der Waals surface area contributed by atoms with Crippen molar-refractivity contribution in [2.24, 2.45) is 12.8 Å². The van der Waals surface area contributed by atoms with E-state index >= 15 is 0 Å². The van der Waals surface area contributed by atoms with E-state index < -0.39 is 5.91 Å². The predicted molar refractivity (Wildman–Crippen MR) is 106 cm³/mol. The Morgan fingerprint density at radius 2 is 2.03 bits per heavy atom. The third-order valence-corrected chi connectivity index (χ3v) is 4.76. The summed E-state index contributed by atoms with van der Waals surface area (Å²) in [5.74, 6) is 1.11. The zero-order valence-corrected chi connectivity index (χ0v) is 16.2. The van der Waals surface area contributed by atoms with Gasteiger partial charge in [-0.3, -0.25) is 9.48 Å². The van der Waals surface area contributed by atoms with Crippen LogP contribution in [0.15, 0.2) is 42.6 Å². The van der Waals surface area contributed by atoms with Crippen molar-refractivity contribution >= 4 is 16.8 Å². The van der Waals surface area contributed by atoms with E-state index in [1.807, 2.05) is 7.05 Å². The first kappa shape index (κ1) is 19.2. The molecule has 1 atom stereocenters. The molecule has 3 aromatic rings. The van der Waals surface area contributed by atoms with Gasteiger partial charge in [0.2, 0.25) is 0 Å². The Balaban J connectivity index is 1.39. The Labute approximate surface area is 168 Å². The van der Waals surface area contributed by atoms with Crippen molar-refractivity contribution < 1.29 is 23.7 Å². The number of hydrogen-bond donors (Lipinski definition) is 1. The number of fused-ring (bicyclic) bond motifs is 1. The fraction of sp³-hybridized carbons (Fsp3) is 0.333. The summed E-state index contributed by atoms with van der Waals surface area (Å²) in [5, 5.41) is 5.01. The molecule has 8 heteroatoms. The van der Waals surface area contributed by atoms with Crippen LogP contribution >= 0.6 is 0 Å². The van der Waals surface area contributed by atoms with Crippen LogP contribution in [0.5, 0.6) is 17.2 Å². The molecule has 2 aromatic carbocycles. The largest absolute Gasteiger partial charge is 0.491 e. The normalized spacial score (nSPS) is 16.2. The topological polar surface area (TPSA) is 97.8 Å². The highest BCUT2D eigenvalue weighted by Crippen LogP contribution is 2.30. The van der Waals surface area contributed by atoms with E-state index in [1.54, 1.807) is 47.3 Å². The summed E-state index contributed by atoms with van der Waals surface area (Å²) in [6.07, 6.45) is 2.79. The van der Waals surface area contributed by atoms with Crippen LogP contribution in [0, 0.1) is 0 Å². The first-order valence-corrected chi connectivity index (χ1v) is 9.46. The van der Waals surface area contributed by atoms with Gasteiger partial charge in [-0.15, -0.1) is 0 Å². The van der Waals surface area contributed by atoms with E-state index in [1.165, 1.54) is 0 Å². The molecule has 0 bridgehead atoms. The Kier molecular flexibility index (Phi) is 5.64. The molecule has 1 aromatic heterocycles. The highest BCUT2D eigenvalue weighted by atomic mass is 16.6. The number of rotatable bonds is 8. The second kappa shape index (κ2) is 8.50. The summed E-state index contributed by atoms with van der Waals surface area (Å²) < 4.78 is 24.3. The average Bonchev–Trinajstić information content (AvgIpc) is 3.36. The third kappa shape index (κ3) is 4.49. The van der Waals surface area contributed by atoms with Gasteiger partial charge in [-0.25, -0.2) is 0 Å². The molecule has 1 aliphatic rings. The van der Waals surface area contributed by atoms with Crippen molar-refractivity contribution in [3.05, 3.63) is 48.2 Å². The molecule has 29 heavy (non-hydrogen) atoms. The number of carbonyl (C=O) groups is 1. The van der Waals surface area contributed by atoms with Crippen molar-refractivity contribution in [1.29, 1.82) is 0 Å². The van der Waals surface area contributed by atoms with Crippen LogP contribution in [0.1, 0.15) is 16.8 Å². The smallest absolute Gasteiger partial charge is 0.252 e. The fourth-order valence-corrected chi connectivity index (χ4v) is 3.21. The Morgan fingerprint density at radius 3 is 2.76 bits per heavy atom. The van der Waals surface area contributed by atoms with Crippen molar-refractivity contribution in [3.63, 3.8) is 0 Å². The first-order valence-electron chi connectivity index (χ1n) is 9.46. The van der Waals surface area contributed by atoms with Gasteiger partial charge in [0.1, 0.15) is 23.9 Å². The minimum absolute atomic E-state index is 0.172. The minimum atomic E-state index is -0.557. The lowest BCUT2D eigenvalue weighted by atomic mass is 10.1. The average molecular weight is 397 g/mol. The van der Waals surface area contributed by atoms with Crippen molar-refractivity contribution in [2.45, 2.75) is 12.5 Å². The van der Waals surface area contributed by atoms with E-state index in [0.29, 0.717) is 42.6 Å². The molecular weight excluding hydrogens is 374 g/mol. The van der Waals surface area contributed by atoms with Crippen LogP contribution < -0.4 is 15.2 Å². The SMILES string of the molecule is Cn1ncc2cc(C(N)=O)c(Oc3ccc(OCCO[C@@H]4CCOC4)cc3)cc21. The summed E-state index contributed by atoms with van der Waals surface area (Å²) >= 11 is 0. The van der Waals surface area contributed by atoms with Crippen LogP contribution in [0.25, 0.3) is 10.9 Å². The van der Waals surface area contributed by atoms with Gasteiger partial charge in [0.05, 0.1) is 36.6 Å². The highest BCUT2D eigenvalue weighted by Gasteiger charge is 2.16. The molecule has 1 amide bonds. The van der Waals surface area contributed by atoms with Gasteiger partial charge in [-0.05, 0) is 36.8 Å².